The standard InChI is InChI=1S/C19H14Cl2FN5/c20-15-6-11(1-2-17(15)22)27-18-3-4-24-19-14(18)5-12(7-16(19)21)25-9-13-8-23-10-26-13/h1-8,10,25H,9H2,(H,23,26)(H,24,27). The number of anilines is 3. The second-order valence-corrected chi connectivity index (χ2v) is 6.71. The van der Waals surface area contributed by atoms with Gasteiger partial charge in [-0.1, -0.05) is 23.2 Å². The Morgan fingerprint density at radius 1 is 1.04 bits per heavy atom. The number of aromatic amines is 1. The fourth-order valence-corrected chi connectivity index (χ4v) is 3.18. The molecule has 136 valence electrons. The van der Waals surface area contributed by atoms with Crippen LogP contribution in [-0.4, -0.2) is 15.0 Å². The first-order valence-electron chi connectivity index (χ1n) is 8.11. The van der Waals surface area contributed by atoms with Gasteiger partial charge in [0.05, 0.1) is 34.1 Å². The Hall–Kier alpha value is -2.83. The van der Waals surface area contributed by atoms with Gasteiger partial charge in [0, 0.05) is 34.8 Å². The predicted molar refractivity (Wildman–Crippen MR) is 107 cm³/mol. The number of halogens is 3. The largest absolute Gasteiger partial charge is 0.379 e. The number of H-pyrrole nitrogens is 1. The summed E-state index contributed by atoms with van der Waals surface area (Å²) < 4.78 is 13.4. The van der Waals surface area contributed by atoms with E-state index < -0.39 is 5.82 Å². The van der Waals surface area contributed by atoms with E-state index in [0.717, 1.165) is 22.5 Å². The Morgan fingerprint density at radius 2 is 1.89 bits per heavy atom. The highest BCUT2D eigenvalue weighted by Gasteiger charge is 2.09. The predicted octanol–water partition coefficient (Wildman–Crippen LogP) is 5.76. The Balaban J connectivity index is 1.68. The molecule has 4 rings (SSSR count). The molecule has 8 heteroatoms. The summed E-state index contributed by atoms with van der Waals surface area (Å²) in [5.41, 5.74) is 3.92. The third-order valence-corrected chi connectivity index (χ3v) is 4.61. The highest BCUT2D eigenvalue weighted by Crippen LogP contribution is 2.33. The van der Waals surface area contributed by atoms with Gasteiger partial charge in [0.2, 0.25) is 0 Å². The number of rotatable bonds is 5. The lowest BCUT2D eigenvalue weighted by Gasteiger charge is -2.13. The van der Waals surface area contributed by atoms with Crippen LogP contribution in [0, 0.1) is 5.82 Å². The van der Waals surface area contributed by atoms with Gasteiger partial charge < -0.3 is 15.6 Å². The number of fused-ring (bicyclic) bond motifs is 1. The van der Waals surface area contributed by atoms with Crippen molar-refractivity contribution in [2.24, 2.45) is 0 Å². The van der Waals surface area contributed by atoms with Crippen molar-refractivity contribution >= 4 is 51.2 Å². The lowest BCUT2D eigenvalue weighted by Crippen LogP contribution is -2.00. The quantitative estimate of drug-likeness (QED) is 0.397. The SMILES string of the molecule is Fc1ccc(Nc2ccnc3c(Cl)cc(NCc4cnc[nH]4)cc23)cc1Cl. The molecule has 0 amide bonds. The highest BCUT2D eigenvalue weighted by atomic mass is 35.5. The average Bonchev–Trinajstić information content (AvgIpc) is 3.17. The van der Waals surface area contributed by atoms with Crippen LogP contribution in [0.25, 0.3) is 10.9 Å². The van der Waals surface area contributed by atoms with E-state index >= 15 is 0 Å². The summed E-state index contributed by atoms with van der Waals surface area (Å²) in [4.78, 5) is 11.4. The molecule has 0 aliphatic heterocycles. The number of aromatic nitrogens is 3. The van der Waals surface area contributed by atoms with E-state index in [1.165, 1.54) is 12.1 Å². The van der Waals surface area contributed by atoms with E-state index in [0.29, 0.717) is 22.8 Å². The maximum Gasteiger partial charge on any atom is 0.141 e. The van der Waals surface area contributed by atoms with Crippen molar-refractivity contribution in [3.05, 3.63) is 76.7 Å². The molecule has 2 aromatic heterocycles. The normalized spacial score (nSPS) is 10.9. The molecule has 27 heavy (non-hydrogen) atoms. The van der Waals surface area contributed by atoms with Crippen molar-refractivity contribution in [1.82, 2.24) is 15.0 Å². The Labute approximate surface area is 164 Å². The summed E-state index contributed by atoms with van der Waals surface area (Å²) in [7, 11) is 0. The van der Waals surface area contributed by atoms with Gasteiger partial charge in [-0.05, 0) is 36.4 Å². The Kier molecular flexibility index (Phi) is 4.83. The van der Waals surface area contributed by atoms with Crippen molar-refractivity contribution in [1.29, 1.82) is 0 Å². The summed E-state index contributed by atoms with van der Waals surface area (Å²) in [6.45, 7) is 0.582. The lowest BCUT2D eigenvalue weighted by atomic mass is 10.1. The van der Waals surface area contributed by atoms with Crippen LogP contribution >= 0.6 is 23.2 Å². The fourth-order valence-electron chi connectivity index (χ4n) is 2.73. The van der Waals surface area contributed by atoms with Crippen LogP contribution in [0.2, 0.25) is 10.0 Å². The molecule has 0 radical (unpaired) electrons. The van der Waals surface area contributed by atoms with E-state index in [1.54, 1.807) is 24.8 Å². The summed E-state index contributed by atoms with van der Waals surface area (Å²) in [6.07, 6.45) is 5.05. The fraction of sp³-hybridized carbons (Fsp3) is 0.0526. The first-order valence-corrected chi connectivity index (χ1v) is 8.87. The molecule has 0 spiro atoms. The number of nitrogens with zero attached hydrogens (tertiary/aromatic N) is 2. The van der Waals surface area contributed by atoms with Gasteiger partial charge in [0.1, 0.15) is 5.82 Å². The third kappa shape index (κ3) is 3.82. The maximum atomic E-state index is 13.4. The van der Waals surface area contributed by atoms with Crippen molar-refractivity contribution < 1.29 is 4.39 Å². The van der Waals surface area contributed by atoms with Gasteiger partial charge in [0.15, 0.2) is 0 Å². The smallest absolute Gasteiger partial charge is 0.141 e. The topological polar surface area (TPSA) is 65.6 Å². The van der Waals surface area contributed by atoms with Crippen molar-refractivity contribution in [2.45, 2.75) is 6.54 Å². The van der Waals surface area contributed by atoms with Crippen LogP contribution in [0.3, 0.4) is 0 Å². The molecule has 3 N–H and O–H groups in total. The number of imidazole rings is 1. The lowest BCUT2D eigenvalue weighted by molar-refractivity contribution is 0.628. The van der Waals surface area contributed by atoms with Gasteiger partial charge in [-0.2, -0.15) is 0 Å². The molecule has 0 fully saturated rings. The summed E-state index contributed by atoms with van der Waals surface area (Å²) in [5.74, 6) is -0.463. The molecule has 0 unspecified atom stereocenters. The van der Waals surface area contributed by atoms with E-state index in [-0.39, 0.29) is 5.02 Å². The van der Waals surface area contributed by atoms with Gasteiger partial charge in [0.25, 0.3) is 0 Å². The van der Waals surface area contributed by atoms with Crippen molar-refractivity contribution in [2.75, 3.05) is 10.6 Å². The minimum atomic E-state index is -0.463. The van der Waals surface area contributed by atoms with Crippen LogP contribution in [0.1, 0.15) is 5.69 Å². The maximum absolute atomic E-state index is 13.4. The minimum Gasteiger partial charge on any atom is -0.379 e. The van der Waals surface area contributed by atoms with Crippen LogP contribution in [0.5, 0.6) is 0 Å². The van der Waals surface area contributed by atoms with Gasteiger partial charge >= 0.3 is 0 Å². The molecule has 2 aromatic carbocycles. The highest BCUT2D eigenvalue weighted by molar-refractivity contribution is 6.35. The number of hydrogen-bond donors (Lipinski definition) is 3. The van der Waals surface area contributed by atoms with E-state index in [4.69, 9.17) is 23.2 Å². The first-order chi connectivity index (χ1) is 13.1. The van der Waals surface area contributed by atoms with E-state index in [1.807, 2.05) is 18.2 Å². The molecule has 0 saturated heterocycles. The van der Waals surface area contributed by atoms with E-state index in [9.17, 15) is 4.39 Å². The summed E-state index contributed by atoms with van der Waals surface area (Å²) in [5, 5.41) is 7.96. The van der Waals surface area contributed by atoms with Gasteiger partial charge in [-0.15, -0.1) is 0 Å². The number of benzene rings is 2. The third-order valence-electron chi connectivity index (χ3n) is 4.03. The summed E-state index contributed by atoms with van der Waals surface area (Å²) in [6, 6.07) is 10.1. The zero-order valence-corrected chi connectivity index (χ0v) is 15.4. The van der Waals surface area contributed by atoms with Crippen LogP contribution in [0.15, 0.2) is 55.1 Å². The number of nitrogens with one attached hydrogen (secondary N) is 3. The molecule has 2 heterocycles. The molecule has 0 atom stereocenters. The monoisotopic (exact) mass is 401 g/mol. The second-order valence-electron chi connectivity index (χ2n) is 5.90. The number of hydrogen-bond acceptors (Lipinski definition) is 4. The zero-order chi connectivity index (χ0) is 18.8. The summed E-state index contributed by atoms with van der Waals surface area (Å²) >= 11 is 12.3. The van der Waals surface area contributed by atoms with Gasteiger partial charge in [-0.25, -0.2) is 9.37 Å². The Morgan fingerprint density at radius 3 is 2.67 bits per heavy atom. The number of pyridine rings is 1. The van der Waals surface area contributed by atoms with E-state index in [2.05, 4.69) is 25.6 Å². The molecule has 0 aliphatic carbocycles. The van der Waals surface area contributed by atoms with Gasteiger partial charge in [-0.3, -0.25) is 4.98 Å². The molecule has 0 bridgehead atoms. The van der Waals surface area contributed by atoms with Crippen molar-refractivity contribution in [3.63, 3.8) is 0 Å². The average molecular weight is 402 g/mol. The molecule has 4 aromatic rings. The molecule has 5 nitrogen and oxygen atoms in total. The Bertz CT molecular complexity index is 1100. The minimum absolute atomic E-state index is 0.0540. The van der Waals surface area contributed by atoms with Crippen LogP contribution in [-0.2, 0) is 6.54 Å². The van der Waals surface area contributed by atoms with Crippen LogP contribution in [0.4, 0.5) is 21.5 Å². The second kappa shape index (κ2) is 7.42. The molecular weight excluding hydrogens is 388 g/mol. The molecule has 0 aliphatic rings. The zero-order valence-electron chi connectivity index (χ0n) is 13.9. The van der Waals surface area contributed by atoms with Crippen LogP contribution < -0.4 is 10.6 Å². The first kappa shape index (κ1) is 17.6. The molecular formula is C19H14Cl2FN5. The van der Waals surface area contributed by atoms with Crippen molar-refractivity contribution in [3.8, 4) is 0 Å². The molecule has 0 saturated carbocycles.